The Hall–Kier alpha value is -2.83. The van der Waals surface area contributed by atoms with Crippen LogP contribution in [0.2, 0.25) is 5.02 Å². The average Bonchev–Trinajstić information content (AvgIpc) is 3.21. The highest BCUT2D eigenvalue weighted by molar-refractivity contribution is 7.89. The predicted octanol–water partition coefficient (Wildman–Crippen LogP) is 4.95. The minimum atomic E-state index is -3.82. The van der Waals surface area contributed by atoms with Gasteiger partial charge in [-0.3, -0.25) is 0 Å². The van der Waals surface area contributed by atoms with E-state index in [1.165, 1.54) is 4.41 Å². The second-order valence-electron chi connectivity index (χ2n) is 7.36. The molecule has 7 heteroatoms. The van der Waals surface area contributed by atoms with Crippen molar-refractivity contribution in [3.05, 3.63) is 95.0 Å². The summed E-state index contributed by atoms with van der Waals surface area (Å²) < 4.78 is 28.1. The maximum absolute atomic E-state index is 13.4. The molecule has 4 rings (SSSR count). The zero-order chi connectivity index (χ0) is 21.3. The Balaban J connectivity index is 1.81. The molecule has 0 spiro atoms. The number of nitrogens with zero attached hydrogens (tertiary/aromatic N) is 3. The Labute approximate surface area is 182 Å². The standard InChI is InChI=1S/C23H22ClN3O2S/c1-26(2)20-11-7-8-17(15-20)22-16-23(18-9-6-10-19(24)14-18)27(25-22)30(28,29)21-12-4-3-5-13-21/h3-15,23H,16H2,1-2H3/t23-/m0/s1. The molecule has 0 saturated heterocycles. The van der Waals surface area contributed by atoms with E-state index in [2.05, 4.69) is 5.10 Å². The second-order valence-corrected chi connectivity index (χ2v) is 9.59. The topological polar surface area (TPSA) is 53.0 Å². The van der Waals surface area contributed by atoms with Gasteiger partial charge in [0.15, 0.2) is 0 Å². The highest BCUT2D eigenvalue weighted by atomic mass is 35.5. The number of halogens is 1. The summed E-state index contributed by atoms with van der Waals surface area (Å²) >= 11 is 6.20. The summed E-state index contributed by atoms with van der Waals surface area (Å²) in [5.74, 6) is 0. The zero-order valence-corrected chi connectivity index (χ0v) is 18.3. The maximum atomic E-state index is 13.4. The Kier molecular flexibility index (Phi) is 5.54. The van der Waals surface area contributed by atoms with E-state index < -0.39 is 16.1 Å². The summed E-state index contributed by atoms with van der Waals surface area (Å²) in [5, 5.41) is 5.16. The molecule has 5 nitrogen and oxygen atoms in total. The molecule has 3 aromatic carbocycles. The van der Waals surface area contributed by atoms with Gasteiger partial charge in [-0.25, -0.2) is 0 Å². The zero-order valence-electron chi connectivity index (χ0n) is 16.7. The van der Waals surface area contributed by atoms with Crippen molar-refractivity contribution in [1.82, 2.24) is 4.41 Å². The van der Waals surface area contributed by atoms with Crippen LogP contribution in [0.15, 0.2) is 88.9 Å². The van der Waals surface area contributed by atoms with E-state index in [0.29, 0.717) is 11.4 Å². The first kappa shape index (κ1) is 20.4. The first-order chi connectivity index (χ1) is 14.4. The van der Waals surface area contributed by atoms with Crippen LogP contribution in [0.25, 0.3) is 0 Å². The largest absolute Gasteiger partial charge is 0.378 e. The van der Waals surface area contributed by atoms with Gasteiger partial charge in [0, 0.05) is 31.2 Å². The lowest BCUT2D eigenvalue weighted by Crippen LogP contribution is -2.27. The van der Waals surface area contributed by atoms with E-state index in [0.717, 1.165) is 22.5 Å². The molecule has 30 heavy (non-hydrogen) atoms. The van der Waals surface area contributed by atoms with Crippen molar-refractivity contribution in [2.24, 2.45) is 5.10 Å². The number of sulfonamides is 1. The van der Waals surface area contributed by atoms with E-state index in [1.807, 2.05) is 55.4 Å². The summed E-state index contributed by atoms with van der Waals surface area (Å²) in [5.41, 5.74) is 3.46. The van der Waals surface area contributed by atoms with E-state index in [1.54, 1.807) is 42.5 Å². The van der Waals surface area contributed by atoms with Crippen molar-refractivity contribution in [3.8, 4) is 0 Å². The Morgan fingerprint density at radius 3 is 2.40 bits per heavy atom. The van der Waals surface area contributed by atoms with Gasteiger partial charge in [0.05, 0.1) is 16.6 Å². The summed E-state index contributed by atoms with van der Waals surface area (Å²) in [7, 11) is 0.114. The van der Waals surface area contributed by atoms with Gasteiger partial charge in [-0.1, -0.05) is 54.1 Å². The Bertz CT molecular complexity index is 1190. The fourth-order valence-electron chi connectivity index (χ4n) is 3.51. The van der Waals surface area contributed by atoms with Crippen LogP contribution < -0.4 is 4.90 Å². The summed E-state index contributed by atoms with van der Waals surface area (Å²) in [6, 6.07) is 23.2. The van der Waals surface area contributed by atoms with Crippen LogP contribution in [0.3, 0.4) is 0 Å². The summed E-state index contributed by atoms with van der Waals surface area (Å²) in [6.07, 6.45) is 0.462. The smallest absolute Gasteiger partial charge is 0.279 e. The maximum Gasteiger partial charge on any atom is 0.279 e. The molecule has 0 aromatic heterocycles. The SMILES string of the molecule is CN(C)c1cccc(C2=NN(S(=O)(=O)c3ccccc3)[C@H](c3cccc(Cl)c3)C2)c1. The van der Waals surface area contributed by atoms with Crippen LogP contribution in [0.1, 0.15) is 23.6 Å². The molecule has 0 fully saturated rings. The fourth-order valence-corrected chi connectivity index (χ4v) is 5.16. The molecule has 1 aliphatic rings. The second kappa shape index (κ2) is 8.13. The van der Waals surface area contributed by atoms with Crippen molar-refractivity contribution < 1.29 is 8.42 Å². The van der Waals surface area contributed by atoms with Crippen molar-refractivity contribution in [3.63, 3.8) is 0 Å². The lowest BCUT2D eigenvalue weighted by Gasteiger charge is -2.23. The molecule has 0 radical (unpaired) electrons. The lowest BCUT2D eigenvalue weighted by molar-refractivity contribution is 0.371. The van der Waals surface area contributed by atoms with Crippen molar-refractivity contribution in [2.75, 3.05) is 19.0 Å². The van der Waals surface area contributed by atoms with E-state index in [-0.39, 0.29) is 4.90 Å². The van der Waals surface area contributed by atoms with Crippen molar-refractivity contribution in [2.45, 2.75) is 17.4 Å². The molecule has 0 saturated carbocycles. The minimum absolute atomic E-state index is 0.212. The molecule has 0 aliphatic carbocycles. The van der Waals surface area contributed by atoms with Crippen molar-refractivity contribution in [1.29, 1.82) is 0 Å². The van der Waals surface area contributed by atoms with Crippen LogP contribution in [0.5, 0.6) is 0 Å². The van der Waals surface area contributed by atoms with Gasteiger partial charge in [-0.2, -0.15) is 17.9 Å². The number of hydrogen-bond acceptors (Lipinski definition) is 4. The molecular formula is C23H22ClN3O2S. The van der Waals surface area contributed by atoms with E-state index >= 15 is 0 Å². The predicted molar refractivity (Wildman–Crippen MR) is 122 cm³/mol. The van der Waals surface area contributed by atoms with Gasteiger partial charge < -0.3 is 4.90 Å². The fraction of sp³-hybridized carbons (Fsp3) is 0.174. The molecule has 0 amide bonds. The van der Waals surface area contributed by atoms with Crippen LogP contribution in [0.4, 0.5) is 5.69 Å². The van der Waals surface area contributed by atoms with Gasteiger partial charge in [0.2, 0.25) is 0 Å². The highest BCUT2D eigenvalue weighted by Crippen LogP contribution is 2.38. The molecule has 1 aliphatic heterocycles. The Morgan fingerprint density at radius 2 is 1.70 bits per heavy atom. The van der Waals surface area contributed by atoms with Crippen LogP contribution in [-0.4, -0.2) is 32.6 Å². The van der Waals surface area contributed by atoms with Crippen LogP contribution in [-0.2, 0) is 10.0 Å². The van der Waals surface area contributed by atoms with Gasteiger partial charge in [0.1, 0.15) is 0 Å². The molecule has 0 unspecified atom stereocenters. The van der Waals surface area contributed by atoms with Crippen LogP contribution in [0, 0.1) is 0 Å². The third-order valence-electron chi connectivity index (χ3n) is 5.09. The van der Waals surface area contributed by atoms with E-state index in [4.69, 9.17) is 11.6 Å². The highest BCUT2D eigenvalue weighted by Gasteiger charge is 2.37. The third-order valence-corrected chi connectivity index (χ3v) is 7.02. The Morgan fingerprint density at radius 1 is 0.967 bits per heavy atom. The first-order valence-electron chi connectivity index (χ1n) is 9.56. The van der Waals surface area contributed by atoms with Gasteiger partial charge in [0.25, 0.3) is 10.0 Å². The molecule has 154 valence electrons. The number of hydrogen-bond donors (Lipinski definition) is 0. The summed E-state index contributed by atoms with van der Waals surface area (Å²) in [6.45, 7) is 0. The average molecular weight is 440 g/mol. The quantitative estimate of drug-likeness (QED) is 0.565. The van der Waals surface area contributed by atoms with Gasteiger partial charge in [-0.05, 0) is 47.5 Å². The number of anilines is 1. The minimum Gasteiger partial charge on any atom is -0.378 e. The van der Waals surface area contributed by atoms with Crippen molar-refractivity contribution >= 4 is 33.0 Å². The molecule has 1 atom stereocenters. The molecule has 0 bridgehead atoms. The lowest BCUT2D eigenvalue weighted by atomic mass is 9.99. The number of benzene rings is 3. The third kappa shape index (κ3) is 3.93. The number of hydrazone groups is 1. The first-order valence-corrected chi connectivity index (χ1v) is 11.4. The van der Waals surface area contributed by atoms with E-state index in [9.17, 15) is 8.42 Å². The molecule has 0 N–H and O–H groups in total. The monoisotopic (exact) mass is 439 g/mol. The number of rotatable bonds is 5. The molecule has 1 heterocycles. The van der Waals surface area contributed by atoms with Gasteiger partial charge in [-0.15, -0.1) is 0 Å². The molecule has 3 aromatic rings. The molecular weight excluding hydrogens is 418 g/mol. The van der Waals surface area contributed by atoms with Gasteiger partial charge >= 0.3 is 0 Å². The summed E-state index contributed by atoms with van der Waals surface area (Å²) in [4.78, 5) is 2.22. The van der Waals surface area contributed by atoms with Crippen LogP contribution >= 0.6 is 11.6 Å². The normalized spacial score (nSPS) is 16.4.